The Morgan fingerprint density at radius 3 is 2.60 bits per heavy atom. The first-order valence-electron chi connectivity index (χ1n) is 5.48. The van der Waals surface area contributed by atoms with Crippen molar-refractivity contribution in [2.75, 3.05) is 40.8 Å². The van der Waals surface area contributed by atoms with E-state index in [9.17, 15) is 4.79 Å². The normalized spacial score (nSPS) is 29.9. The molecule has 4 heteroatoms. The van der Waals surface area contributed by atoms with Crippen molar-refractivity contribution in [1.29, 1.82) is 0 Å². The standard InChI is InChI=1S/C11H22N2O2/c1-9-6-12(2)8-10(13(3)7-9)5-11(14)15-4/h9-10H,5-8H2,1-4H3. The van der Waals surface area contributed by atoms with Crippen LogP contribution in [0.2, 0.25) is 0 Å². The lowest BCUT2D eigenvalue weighted by Gasteiger charge is -2.26. The molecule has 15 heavy (non-hydrogen) atoms. The number of esters is 1. The second-order valence-electron chi connectivity index (χ2n) is 4.70. The molecule has 0 N–H and O–H groups in total. The number of hydrogen-bond donors (Lipinski definition) is 0. The van der Waals surface area contributed by atoms with Gasteiger partial charge in [-0.25, -0.2) is 0 Å². The molecule has 4 nitrogen and oxygen atoms in total. The Labute approximate surface area is 92.2 Å². The van der Waals surface area contributed by atoms with Gasteiger partial charge >= 0.3 is 5.97 Å². The number of rotatable bonds is 2. The van der Waals surface area contributed by atoms with Gasteiger partial charge in [0.1, 0.15) is 0 Å². The van der Waals surface area contributed by atoms with E-state index in [0.29, 0.717) is 12.3 Å². The molecule has 1 heterocycles. The lowest BCUT2D eigenvalue weighted by atomic mass is 10.1. The van der Waals surface area contributed by atoms with Crippen molar-refractivity contribution in [3.05, 3.63) is 0 Å². The van der Waals surface area contributed by atoms with E-state index in [0.717, 1.165) is 19.6 Å². The van der Waals surface area contributed by atoms with Gasteiger partial charge in [0.05, 0.1) is 13.5 Å². The summed E-state index contributed by atoms with van der Waals surface area (Å²) in [7, 11) is 5.65. The number of ether oxygens (including phenoxy) is 1. The molecule has 0 aromatic rings. The highest BCUT2D eigenvalue weighted by Crippen LogP contribution is 2.13. The molecule has 1 fully saturated rings. The van der Waals surface area contributed by atoms with Crippen molar-refractivity contribution >= 4 is 5.97 Å². The second-order valence-corrected chi connectivity index (χ2v) is 4.70. The summed E-state index contributed by atoms with van der Waals surface area (Å²) in [6.45, 7) is 5.33. The minimum absolute atomic E-state index is 0.116. The van der Waals surface area contributed by atoms with E-state index in [1.54, 1.807) is 0 Å². The fraction of sp³-hybridized carbons (Fsp3) is 0.909. The predicted molar refractivity (Wildman–Crippen MR) is 59.7 cm³/mol. The Bertz CT molecular complexity index is 221. The van der Waals surface area contributed by atoms with Gasteiger partial charge in [0, 0.05) is 25.7 Å². The van der Waals surface area contributed by atoms with E-state index in [-0.39, 0.29) is 12.0 Å². The van der Waals surface area contributed by atoms with Gasteiger partial charge in [0.2, 0.25) is 0 Å². The largest absolute Gasteiger partial charge is 0.469 e. The third-order valence-corrected chi connectivity index (χ3v) is 3.00. The zero-order chi connectivity index (χ0) is 11.4. The van der Waals surface area contributed by atoms with Crippen molar-refractivity contribution in [2.45, 2.75) is 19.4 Å². The highest BCUT2D eigenvalue weighted by atomic mass is 16.5. The van der Waals surface area contributed by atoms with Crippen molar-refractivity contribution < 1.29 is 9.53 Å². The maximum Gasteiger partial charge on any atom is 0.307 e. The monoisotopic (exact) mass is 214 g/mol. The van der Waals surface area contributed by atoms with Crippen LogP contribution < -0.4 is 0 Å². The molecule has 0 aromatic carbocycles. The maximum absolute atomic E-state index is 11.3. The summed E-state index contributed by atoms with van der Waals surface area (Å²) in [4.78, 5) is 15.8. The lowest BCUT2D eigenvalue weighted by Crippen LogP contribution is -2.39. The van der Waals surface area contributed by atoms with Crippen LogP contribution in [0.4, 0.5) is 0 Å². The molecule has 88 valence electrons. The van der Waals surface area contributed by atoms with E-state index in [4.69, 9.17) is 4.74 Å². The van der Waals surface area contributed by atoms with Crippen molar-refractivity contribution in [1.82, 2.24) is 9.80 Å². The molecular formula is C11H22N2O2. The average Bonchev–Trinajstić information content (AvgIpc) is 2.25. The third kappa shape index (κ3) is 3.80. The number of methoxy groups -OCH3 is 1. The Hall–Kier alpha value is -0.610. The minimum Gasteiger partial charge on any atom is -0.469 e. The Morgan fingerprint density at radius 1 is 1.33 bits per heavy atom. The van der Waals surface area contributed by atoms with Gasteiger partial charge in [0.25, 0.3) is 0 Å². The van der Waals surface area contributed by atoms with E-state index in [1.165, 1.54) is 7.11 Å². The average molecular weight is 214 g/mol. The quantitative estimate of drug-likeness (QED) is 0.624. The van der Waals surface area contributed by atoms with Crippen LogP contribution in [-0.2, 0) is 9.53 Å². The van der Waals surface area contributed by atoms with Crippen LogP contribution in [0.5, 0.6) is 0 Å². The molecule has 0 aromatic heterocycles. The van der Waals surface area contributed by atoms with Crippen molar-refractivity contribution in [2.24, 2.45) is 5.92 Å². The highest BCUT2D eigenvalue weighted by molar-refractivity contribution is 5.69. The Morgan fingerprint density at radius 2 is 2.00 bits per heavy atom. The van der Waals surface area contributed by atoms with E-state index >= 15 is 0 Å². The Balaban J connectivity index is 2.57. The summed E-state index contributed by atoms with van der Waals surface area (Å²) in [5.41, 5.74) is 0. The molecule has 0 amide bonds. The van der Waals surface area contributed by atoms with Crippen LogP contribution in [0.3, 0.4) is 0 Å². The lowest BCUT2D eigenvalue weighted by molar-refractivity contribution is -0.142. The summed E-state index contributed by atoms with van der Waals surface area (Å²) in [6.07, 6.45) is 0.490. The zero-order valence-corrected chi connectivity index (χ0v) is 10.2. The van der Waals surface area contributed by atoms with Crippen molar-refractivity contribution in [3.63, 3.8) is 0 Å². The molecule has 2 unspecified atom stereocenters. The molecule has 0 radical (unpaired) electrons. The van der Waals surface area contributed by atoms with E-state index < -0.39 is 0 Å². The molecular weight excluding hydrogens is 192 g/mol. The highest BCUT2D eigenvalue weighted by Gasteiger charge is 2.25. The number of carbonyl (C=O) groups excluding carboxylic acids is 1. The molecule has 0 saturated carbocycles. The molecule has 1 rings (SSSR count). The second kappa shape index (κ2) is 5.47. The van der Waals surface area contributed by atoms with Gasteiger partial charge in [-0.05, 0) is 20.0 Å². The number of nitrogens with zero attached hydrogens (tertiary/aromatic N) is 2. The SMILES string of the molecule is COC(=O)CC1CN(C)CC(C)CN1C. The number of carbonyl (C=O) groups is 1. The van der Waals surface area contributed by atoms with Crippen LogP contribution in [0.1, 0.15) is 13.3 Å². The molecule has 1 aliphatic rings. The van der Waals surface area contributed by atoms with Crippen LogP contribution in [0, 0.1) is 5.92 Å². The van der Waals surface area contributed by atoms with Crippen LogP contribution in [0.15, 0.2) is 0 Å². The number of hydrogen-bond acceptors (Lipinski definition) is 4. The first-order valence-corrected chi connectivity index (χ1v) is 5.48. The van der Waals surface area contributed by atoms with Gasteiger partial charge in [-0.1, -0.05) is 6.92 Å². The van der Waals surface area contributed by atoms with Crippen LogP contribution >= 0.6 is 0 Å². The third-order valence-electron chi connectivity index (χ3n) is 3.00. The smallest absolute Gasteiger partial charge is 0.307 e. The van der Waals surface area contributed by atoms with Gasteiger partial charge in [-0.3, -0.25) is 4.79 Å². The first kappa shape index (κ1) is 12.5. The molecule has 0 spiro atoms. The molecule has 2 atom stereocenters. The van der Waals surface area contributed by atoms with Crippen molar-refractivity contribution in [3.8, 4) is 0 Å². The van der Waals surface area contributed by atoms with Crippen LogP contribution in [0.25, 0.3) is 0 Å². The summed E-state index contributed by atoms with van der Waals surface area (Å²) >= 11 is 0. The number of likely N-dealkylation sites (N-methyl/N-ethyl adjacent to an activating group) is 2. The van der Waals surface area contributed by atoms with Gasteiger partial charge < -0.3 is 14.5 Å². The zero-order valence-electron chi connectivity index (χ0n) is 10.2. The van der Waals surface area contributed by atoms with E-state index in [1.807, 2.05) is 0 Å². The minimum atomic E-state index is -0.116. The fourth-order valence-corrected chi connectivity index (χ4v) is 2.30. The first-order chi connectivity index (χ1) is 7.02. The summed E-state index contributed by atoms with van der Waals surface area (Å²) < 4.78 is 4.72. The maximum atomic E-state index is 11.3. The molecule has 0 bridgehead atoms. The topological polar surface area (TPSA) is 32.8 Å². The van der Waals surface area contributed by atoms with Gasteiger partial charge in [-0.15, -0.1) is 0 Å². The summed E-state index contributed by atoms with van der Waals surface area (Å²) in [6, 6.07) is 0.285. The molecule has 0 aliphatic carbocycles. The Kier molecular flexibility index (Phi) is 4.54. The summed E-state index contributed by atoms with van der Waals surface area (Å²) in [5.74, 6) is 0.539. The van der Waals surface area contributed by atoms with Crippen LogP contribution in [-0.4, -0.2) is 62.7 Å². The molecule has 1 aliphatic heterocycles. The molecule has 1 saturated heterocycles. The van der Waals surface area contributed by atoms with Gasteiger partial charge in [0.15, 0.2) is 0 Å². The van der Waals surface area contributed by atoms with Gasteiger partial charge in [-0.2, -0.15) is 0 Å². The predicted octanol–water partition coefficient (Wildman–Crippen LogP) is 0.431. The summed E-state index contributed by atoms with van der Waals surface area (Å²) in [5, 5.41) is 0. The fourth-order valence-electron chi connectivity index (χ4n) is 2.30. The van der Waals surface area contributed by atoms with E-state index in [2.05, 4.69) is 30.8 Å².